The summed E-state index contributed by atoms with van der Waals surface area (Å²) in [5, 5.41) is 46.8. The minimum atomic E-state index is -4.28. The largest absolute Gasteiger partial charge is 0.492 e. The van der Waals surface area contributed by atoms with Crippen LogP contribution in [0.5, 0.6) is 5.75 Å². The molecule has 0 unspecified atom stereocenters. The van der Waals surface area contributed by atoms with Crippen molar-refractivity contribution >= 4 is 30.9 Å². The molecule has 54 heavy (non-hydrogen) atoms. The van der Waals surface area contributed by atoms with Crippen molar-refractivity contribution in [3.8, 4) is 56.5 Å². The fourth-order valence-electron chi connectivity index (χ4n) is 6.72. The Balaban J connectivity index is 1.29. The number of aromatic nitrogens is 10. The van der Waals surface area contributed by atoms with E-state index in [1.54, 1.807) is 42.6 Å². The molecule has 0 bridgehead atoms. The summed E-state index contributed by atoms with van der Waals surface area (Å²) in [6, 6.07) is 19.9. The Morgan fingerprint density at radius 2 is 1.52 bits per heavy atom. The van der Waals surface area contributed by atoms with Crippen LogP contribution in [0.15, 0.2) is 88.8 Å². The van der Waals surface area contributed by atoms with Crippen molar-refractivity contribution in [2.45, 2.75) is 29.1 Å². The second-order valence-electron chi connectivity index (χ2n) is 12.7. The highest BCUT2D eigenvalue weighted by molar-refractivity contribution is 7.89. The summed E-state index contributed by atoms with van der Waals surface area (Å²) in [7, 11) is -8.55. The molecule has 18 nitrogen and oxygen atoms in total. The third-order valence-corrected chi connectivity index (χ3v) is 11.1. The summed E-state index contributed by atoms with van der Waals surface area (Å²) < 4.78 is 57.9. The molecule has 1 aliphatic heterocycles. The molecule has 0 spiro atoms. The summed E-state index contributed by atoms with van der Waals surface area (Å²) in [6.45, 7) is 3.17. The number of likely N-dealkylation sites (tertiary alicyclic amines) is 1. The summed E-state index contributed by atoms with van der Waals surface area (Å²) in [4.78, 5) is 3.12. The van der Waals surface area contributed by atoms with Gasteiger partial charge in [0.15, 0.2) is 0 Å². The van der Waals surface area contributed by atoms with E-state index < -0.39 is 20.0 Å². The molecular weight excluding hydrogens is 735 g/mol. The Hall–Kier alpha value is -5.93. The third-order valence-electron chi connectivity index (χ3n) is 9.22. The van der Waals surface area contributed by atoms with E-state index in [-0.39, 0.29) is 32.6 Å². The fraction of sp³-hybridized carbons (Fsp3) is 0.206. The number of H-pyrrole nitrogens is 2. The summed E-state index contributed by atoms with van der Waals surface area (Å²) in [6.07, 6.45) is 5.19. The number of nitrogens with zero attached hydrogens (tertiary/aromatic N) is 9. The van der Waals surface area contributed by atoms with E-state index in [4.69, 9.17) is 20.1 Å². The first kappa shape index (κ1) is 35.1. The Morgan fingerprint density at radius 1 is 0.778 bits per heavy atom. The van der Waals surface area contributed by atoms with Gasteiger partial charge in [-0.1, -0.05) is 42.8 Å². The first-order valence-electron chi connectivity index (χ1n) is 16.8. The number of sulfonamides is 2. The smallest absolute Gasteiger partial charge is 0.238 e. The van der Waals surface area contributed by atoms with Crippen LogP contribution in [0.4, 0.5) is 0 Å². The summed E-state index contributed by atoms with van der Waals surface area (Å²) >= 11 is 0. The van der Waals surface area contributed by atoms with Gasteiger partial charge in [-0.2, -0.15) is 10.3 Å². The molecule has 1 saturated heterocycles. The fourth-order valence-corrected chi connectivity index (χ4v) is 8.23. The van der Waals surface area contributed by atoms with Gasteiger partial charge in [0.25, 0.3) is 0 Å². The van der Waals surface area contributed by atoms with E-state index in [1.165, 1.54) is 29.4 Å². The van der Waals surface area contributed by atoms with Crippen LogP contribution >= 0.6 is 0 Å². The molecule has 1 aliphatic rings. The molecular formula is C34H33N13O5S2. The van der Waals surface area contributed by atoms with Gasteiger partial charge in [-0.05, 0) is 83.4 Å². The maximum absolute atomic E-state index is 13.0. The zero-order chi connectivity index (χ0) is 37.5. The lowest BCUT2D eigenvalue weighted by molar-refractivity contribution is 0.183. The minimum absolute atomic E-state index is 0.0179. The van der Waals surface area contributed by atoms with Gasteiger partial charge in [-0.15, -0.1) is 25.2 Å². The average Bonchev–Trinajstić information content (AvgIpc) is 3.97. The van der Waals surface area contributed by atoms with Gasteiger partial charge in [-0.3, -0.25) is 10.00 Å². The normalized spacial score (nSPS) is 14.1. The molecule has 3 aromatic heterocycles. The van der Waals surface area contributed by atoms with Crippen molar-refractivity contribution < 1.29 is 21.6 Å². The SMILES string of the molecule is NS(=O)(=O)c1cccc(-c2ccc3cn[nH]c3c2)c1-c1nnn(-c2cc(OCCN3CCCCC3)ccc2-c2cccc(S(N)(=O)=O)c2-c2nn[nH]n2)n1. The number of piperidine rings is 1. The second-order valence-corrected chi connectivity index (χ2v) is 15.7. The second kappa shape index (κ2) is 14.1. The lowest BCUT2D eigenvalue weighted by atomic mass is 9.97. The zero-order valence-corrected chi connectivity index (χ0v) is 30.1. The van der Waals surface area contributed by atoms with E-state index in [1.807, 2.05) is 18.2 Å². The quantitative estimate of drug-likeness (QED) is 0.148. The van der Waals surface area contributed by atoms with Gasteiger partial charge in [0.1, 0.15) is 12.4 Å². The number of nitrogens with two attached hydrogens (primary N) is 2. The van der Waals surface area contributed by atoms with Crippen molar-refractivity contribution in [2.24, 2.45) is 10.3 Å². The number of ether oxygens (including phenoxy) is 1. The zero-order valence-electron chi connectivity index (χ0n) is 28.5. The molecule has 4 heterocycles. The molecule has 0 saturated carbocycles. The third kappa shape index (κ3) is 6.95. The standard InChI is InChI=1S/C34H33N13O5S2/c35-53(48,49)29-8-4-6-24(21-10-11-22-20-37-38-27(22)18-21)31(29)34-41-45-47(42-34)28-19-23(52-17-16-46-14-2-1-3-15-46)12-13-25(28)26-7-5-9-30(54(36,50)51)32(26)33-39-43-44-40-33/h4-13,18-20H,1-3,14-17H2,(H,37,38)(H2,35,48,49)(H2,36,50,51)(H,39,40,43,44). The first-order valence-corrected chi connectivity index (χ1v) is 19.9. The monoisotopic (exact) mass is 767 g/mol. The number of hydrogen-bond acceptors (Lipinski definition) is 13. The minimum Gasteiger partial charge on any atom is -0.492 e. The molecule has 1 fully saturated rings. The molecule has 0 radical (unpaired) electrons. The Morgan fingerprint density at radius 3 is 2.24 bits per heavy atom. The lowest BCUT2D eigenvalue weighted by Gasteiger charge is -2.26. The Labute approximate surface area is 308 Å². The van der Waals surface area contributed by atoms with Crippen molar-refractivity contribution in [2.75, 3.05) is 26.2 Å². The first-order chi connectivity index (χ1) is 26.0. The Bertz CT molecular complexity index is 2710. The van der Waals surface area contributed by atoms with Gasteiger partial charge in [0.05, 0.1) is 38.3 Å². The molecule has 8 rings (SSSR count). The van der Waals surface area contributed by atoms with E-state index in [0.29, 0.717) is 40.3 Å². The van der Waals surface area contributed by atoms with Crippen LogP contribution in [0.2, 0.25) is 0 Å². The number of primary sulfonamides is 2. The van der Waals surface area contributed by atoms with Crippen LogP contribution in [0.25, 0.3) is 61.6 Å². The van der Waals surface area contributed by atoms with Crippen LogP contribution in [0.1, 0.15) is 19.3 Å². The van der Waals surface area contributed by atoms with Gasteiger partial charge in [0, 0.05) is 23.6 Å². The van der Waals surface area contributed by atoms with E-state index >= 15 is 0 Å². The van der Waals surface area contributed by atoms with Crippen molar-refractivity contribution in [3.05, 3.63) is 79.0 Å². The number of rotatable bonds is 11. The molecule has 7 aromatic rings. The van der Waals surface area contributed by atoms with Crippen molar-refractivity contribution in [1.82, 2.24) is 55.9 Å². The van der Waals surface area contributed by atoms with Crippen LogP contribution in [0.3, 0.4) is 0 Å². The van der Waals surface area contributed by atoms with Gasteiger partial charge < -0.3 is 4.74 Å². The van der Waals surface area contributed by atoms with Gasteiger partial charge in [0.2, 0.25) is 31.7 Å². The molecule has 6 N–H and O–H groups in total. The lowest BCUT2D eigenvalue weighted by Crippen LogP contribution is -2.33. The number of nitrogens with one attached hydrogen (secondary N) is 2. The van der Waals surface area contributed by atoms with E-state index in [2.05, 4.69) is 46.0 Å². The molecule has 20 heteroatoms. The number of benzene rings is 4. The topological polar surface area (TPSA) is 260 Å². The average molecular weight is 768 g/mol. The van der Waals surface area contributed by atoms with E-state index in [0.717, 1.165) is 43.4 Å². The highest BCUT2D eigenvalue weighted by Crippen LogP contribution is 2.40. The molecule has 0 atom stereocenters. The molecule has 4 aromatic carbocycles. The maximum atomic E-state index is 13.0. The highest BCUT2D eigenvalue weighted by Gasteiger charge is 2.27. The Kier molecular flexibility index (Phi) is 9.19. The van der Waals surface area contributed by atoms with Crippen molar-refractivity contribution in [1.29, 1.82) is 0 Å². The van der Waals surface area contributed by atoms with Crippen LogP contribution in [-0.4, -0.2) is 99.0 Å². The van der Waals surface area contributed by atoms with Crippen LogP contribution in [0, 0.1) is 0 Å². The maximum Gasteiger partial charge on any atom is 0.238 e. The predicted molar refractivity (Wildman–Crippen MR) is 197 cm³/mol. The number of tetrazole rings is 2. The number of aromatic amines is 2. The molecule has 0 amide bonds. The number of fused-ring (bicyclic) bond motifs is 1. The van der Waals surface area contributed by atoms with Gasteiger partial charge >= 0.3 is 0 Å². The number of hydrogen-bond donors (Lipinski definition) is 4. The molecule has 276 valence electrons. The van der Waals surface area contributed by atoms with Gasteiger partial charge in [-0.25, -0.2) is 27.1 Å². The summed E-state index contributed by atoms with van der Waals surface area (Å²) in [5.74, 6) is 0.417. The highest BCUT2D eigenvalue weighted by atomic mass is 32.2. The van der Waals surface area contributed by atoms with E-state index in [9.17, 15) is 16.8 Å². The van der Waals surface area contributed by atoms with Crippen LogP contribution < -0.4 is 15.0 Å². The summed E-state index contributed by atoms with van der Waals surface area (Å²) in [5.41, 5.74) is 3.18. The van der Waals surface area contributed by atoms with Crippen LogP contribution in [-0.2, 0) is 20.0 Å². The van der Waals surface area contributed by atoms with Crippen molar-refractivity contribution in [3.63, 3.8) is 0 Å². The molecule has 0 aliphatic carbocycles. The predicted octanol–water partition coefficient (Wildman–Crippen LogP) is 2.88.